The zero-order valence-electron chi connectivity index (χ0n) is 12.0. The van der Waals surface area contributed by atoms with Crippen molar-refractivity contribution in [3.8, 4) is 5.75 Å². The number of hydrogen-bond acceptors (Lipinski definition) is 3. The summed E-state index contributed by atoms with van der Waals surface area (Å²) >= 11 is 0. The minimum atomic E-state index is -1.02. The first kappa shape index (κ1) is 14.6. The standard InChI is InChI=1S/C17H20O3/c1-11-9-10-14(17(20-3)12(11)2)16(19)15(18)13-7-5-4-6-8-13/h4-10,15-16,18-19H,1-3H3. The minimum Gasteiger partial charge on any atom is -0.496 e. The van der Waals surface area contributed by atoms with E-state index in [1.165, 1.54) is 0 Å². The van der Waals surface area contributed by atoms with Gasteiger partial charge in [-0.15, -0.1) is 0 Å². The summed E-state index contributed by atoms with van der Waals surface area (Å²) in [5.74, 6) is 0.632. The molecule has 0 radical (unpaired) electrons. The molecule has 2 rings (SSSR count). The van der Waals surface area contributed by atoms with Crippen molar-refractivity contribution in [2.75, 3.05) is 7.11 Å². The van der Waals surface area contributed by atoms with Crippen LogP contribution in [0.15, 0.2) is 42.5 Å². The van der Waals surface area contributed by atoms with Crippen LogP contribution >= 0.6 is 0 Å². The Labute approximate surface area is 119 Å². The quantitative estimate of drug-likeness (QED) is 0.899. The van der Waals surface area contributed by atoms with Crippen LogP contribution in [0.4, 0.5) is 0 Å². The molecule has 0 aliphatic heterocycles. The van der Waals surface area contributed by atoms with Crippen LogP contribution in [0.1, 0.15) is 34.5 Å². The van der Waals surface area contributed by atoms with Gasteiger partial charge in [-0.25, -0.2) is 0 Å². The summed E-state index contributed by atoms with van der Waals surface area (Å²) in [6.07, 6.45) is -2.00. The normalized spacial score (nSPS) is 13.8. The van der Waals surface area contributed by atoms with Crippen LogP contribution in [-0.4, -0.2) is 17.3 Å². The molecule has 0 amide bonds. The van der Waals surface area contributed by atoms with Crippen molar-refractivity contribution in [2.45, 2.75) is 26.1 Å². The van der Waals surface area contributed by atoms with Gasteiger partial charge in [-0.3, -0.25) is 0 Å². The zero-order chi connectivity index (χ0) is 14.7. The van der Waals surface area contributed by atoms with E-state index in [1.807, 2.05) is 38.1 Å². The molecule has 0 saturated heterocycles. The number of ether oxygens (including phenoxy) is 1. The smallest absolute Gasteiger partial charge is 0.127 e. The fraction of sp³-hybridized carbons (Fsp3) is 0.294. The van der Waals surface area contributed by atoms with Crippen LogP contribution in [0.25, 0.3) is 0 Å². The maximum atomic E-state index is 10.4. The molecule has 20 heavy (non-hydrogen) atoms. The van der Waals surface area contributed by atoms with Crippen LogP contribution in [-0.2, 0) is 0 Å². The largest absolute Gasteiger partial charge is 0.496 e. The lowest BCUT2D eigenvalue weighted by atomic mass is 9.94. The van der Waals surface area contributed by atoms with Gasteiger partial charge in [0.15, 0.2) is 0 Å². The van der Waals surface area contributed by atoms with Gasteiger partial charge in [0, 0.05) is 5.56 Å². The summed E-state index contributed by atoms with van der Waals surface area (Å²) < 4.78 is 5.39. The molecule has 0 aliphatic carbocycles. The highest BCUT2D eigenvalue weighted by Gasteiger charge is 2.24. The van der Waals surface area contributed by atoms with Crippen LogP contribution in [0.5, 0.6) is 5.75 Å². The molecule has 0 fully saturated rings. The molecule has 0 heterocycles. The van der Waals surface area contributed by atoms with E-state index in [2.05, 4.69) is 0 Å². The molecular weight excluding hydrogens is 252 g/mol. The summed E-state index contributed by atoms with van der Waals surface area (Å²) in [4.78, 5) is 0. The number of methoxy groups -OCH3 is 1. The Bertz CT molecular complexity index is 578. The highest BCUT2D eigenvalue weighted by Crippen LogP contribution is 2.36. The number of rotatable bonds is 4. The summed E-state index contributed by atoms with van der Waals surface area (Å²) in [5, 5.41) is 20.8. The molecule has 0 aliphatic rings. The molecule has 2 atom stereocenters. The van der Waals surface area contributed by atoms with Gasteiger partial charge in [-0.2, -0.15) is 0 Å². The number of aryl methyl sites for hydroxylation is 1. The average molecular weight is 272 g/mol. The number of aliphatic hydroxyl groups is 2. The van der Waals surface area contributed by atoms with Crippen LogP contribution in [0, 0.1) is 13.8 Å². The molecule has 0 spiro atoms. The maximum Gasteiger partial charge on any atom is 0.127 e. The van der Waals surface area contributed by atoms with E-state index in [9.17, 15) is 10.2 Å². The Morgan fingerprint density at radius 1 is 0.900 bits per heavy atom. The first-order valence-electron chi connectivity index (χ1n) is 6.61. The van der Waals surface area contributed by atoms with Gasteiger partial charge in [0.25, 0.3) is 0 Å². The Hall–Kier alpha value is -1.84. The molecule has 2 unspecified atom stereocenters. The third-order valence-electron chi connectivity index (χ3n) is 3.67. The second-order valence-corrected chi connectivity index (χ2v) is 4.93. The van der Waals surface area contributed by atoms with E-state index < -0.39 is 12.2 Å². The fourth-order valence-electron chi connectivity index (χ4n) is 2.32. The van der Waals surface area contributed by atoms with E-state index in [-0.39, 0.29) is 0 Å². The van der Waals surface area contributed by atoms with Crippen molar-refractivity contribution in [3.63, 3.8) is 0 Å². The molecule has 2 aromatic carbocycles. The van der Waals surface area contributed by atoms with Gasteiger partial charge in [0.2, 0.25) is 0 Å². The summed E-state index contributed by atoms with van der Waals surface area (Å²) in [6.45, 7) is 3.93. The van der Waals surface area contributed by atoms with Crippen LogP contribution in [0.3, 0.4) is 0 Å². The van der Waals surface area contributed by atoms with Crippen molar-refractivity contribution in [1.82, 2.24) is 0 Å². The van der Waals surface area contributed by atoms with Crippen LogP contribution in [0.2, 0.25) is 0 Å². The second kappa shape index (κ2) is 6.07. The van der Waals surface area contributed by atoms with E-state index in [0.717, 1.165) is 11.1 Å². The fourth-order valence-corrected chi connectivity index (χ4v) is 2.32. The monoisotopic (exact) mass is 272 g/mol. The van der Waals surface area contributed by atoms with Gasteiger partial charge < -0.3 is 14.9 Å². The van der Waals surface area contributed by atoms with Crippen molar-refractivity contribution < 1.29 is 14.9 Å². The molecule has 0 bridgehead atoms. The molecule has 3 nitrogen and oxygen atoms in total. The average Bonchev–Trinajstić information content (AvgIpc) is 2.49. The highest BCUT2D eigenvalue weighted by atomic mass is 16.5. The molecule has 106 valence electrons. The van der Waals surface area contributed by atoms with Gasteiger partial charge >= 0.3 is 0 Å². The van der Waals surface area contributed by atoms with Crippen molar-refractivity contribution in [1.29, 1.82) is 0 Å². The lowest BCUT2D eigenvalue weighted by Crippen LogP contribution is -2.12. The molecule has 0 saturated carbocycles. The highest BCUT2D eigenvalue weighted by molar-refractivity contribution is 5.47. The molecular formula is C17H20O3. The first-order valence-corrected chi connectivity index (χ1v) is 6.61. The molecule has 2 N–H and O–H groups in total. The van der Waals surface area contributed by atoms with Crippen LogP contribution < -0.4 is 4.74 Å². The number of aliphatic hydroxyl groups excluding tert-OH is 2. The van der Waals surface area contributed by atoms with E-state index in [1.54, 1.807) is 25.3 Å². The lowest BCUT2D eigenvalue weighted by Gasteiger charge is -2.22. The maximum absolute atomic E-state index is 10.4. The summed E-state index contributed by atoms with van der Waals surface area (Å²) in [7, 11) is 1.58. The van der Waals surface area contributed by atoms with Gasteiger partial charge in [-0.05, 0) is 30.5 Å². The van der Waals surface area contributed by atoms with Gasteiger partial charge in [0.05, 0.1) is 7.11 Å². The first-order chi connectivity index (χ1) is 9.56. The number of benzene rings is 2. The van der Waals surface area contributed by atoms with Crippen molar-refractivity contribution >= 4 is 0 Å². The number of hydrogen-bond donors (Lipinski definition) is 2. The Morgan fingerprint density at radius 2 is 1.55 bits per heavy atom. The Kier molecular flexibility index (Phi) is 4.42. The second-order valence-electron chi connectivity index (χ2n) is 4.93. The lowest BCUT2D eigenvalue weighted by molar-refractivity contribution is 0.0158. The topological polar surface area (TPSA) is 49.7 Å². The molecule has 0 aromatic heterocycles. The SMILES string of the molecule is COc1c(C(O)C(O)c2ccccc2)ccc(C)c1C. The third-order valence-corrected chi connectivity index (χ3v) is 3.67. The van der Waals surface area contributed by atoms with Crippen molar-refractivity contribution in [3.05, 3.63) is 64.7 Å². The van der Waals surface area contributed by atoms with Gasteiger partial charge in [0.1, 0.15) is 18.0 Å². The Morgan fingerprint density at radius 3 is 2.15 bits per heavy atom. The van der Waals surface area contributed by atoms with E-state index in [4.69, 9.17) is 4.74 Å². The van der Waals surface area contributed by atoms with E-state index in [0.29, 0.717) is 16.9 Å². The Balaban J connectivity index is 2.39. The zero-order valence-corrected chi connectivity index (χ0v) is 12.0. The summed E-state index contributed by atoms with van der Waals surface area (Å²) in [6, 6.07) is 12.9. The molecule has 3 heteroatoms. The summed E-state index contributed by atoms with van der Waals surface area (Å²) in [5.41, 5.74) is 3.35. The molecule has 2 aromatic rings. The van der Waals surface area contributed by atoms with Gasteiger partial charge in [-0.1, -0.05) is 42.5 Å². The predicted octanol–water partition coefficient (Wildman–Crippen LogP) is 3.08. The van der Waals surface area contributed by atoms with Crippen molar-refractivity contribution in [2.24, 2.45) is 0 Å². The minimum absolute atomic E-state index is 0.604. The predicted molar refractivity (Wildman–Crippen MR) is 78.8 cm³/mol. The van der Waals surface area contributed by atoms with E-state index >= 15 is 0 Å². The third kappa shape index (κ3) is 2.69.